The second-order valence-electron chi connectivity index (χ2n) is 6.99. The smallest absolute Gasteiger partial charge is 0.291 e. The van der Waals surface area contributed by atoms with Gasteiger partial charge in [-0.05, 0) is 43.2 Å². The average Bonchev–Trinajstić information content (AvgIpc) is 3.15. The Morgan fingerprint density at radius 1 is 1.40 bits per heavy atom. The molecule has 1 amide bonds. The standard InChI is InChI=1S/C18H22N4O2S/c1-11-5-3-4-6-14(11)19-16(23)10-21-17(24)15-9-13-7-8-25-18(13)22(15)12(2)20-21/h7-9,11,14H,3-6,10H2,1-2H3,(H,19,23). The summed E-state index contributed by atoms with van der Waals surface area (Å²) in [6.07, 6.45) is 4.55. The summed E-state index contributed by atoms with van der Waals surface area (Å²) in [5, 5.41) is 10.5. The van der Waals surface area contributed by atoms with Gasteiger partial charge in [0.1, 0.15) is 22.7 Å². The molecule has 1 aliphatic rings. The van der Waals surface area contributed by atoms with Crippen LogP contribution >= 0.6 is 11.3 Å². The minimum Gasteiger partial charge on any atom is -0.351 e. The summed E-state index contributed by atoms with van der Waals surface area (Å²) >= 11 is 1.59. The highest BCUT2D eigenvalue weighted by molar-refractivity contribution is 7.16. The molecular formula is C18H22N4O2S. The van der Waals surface area contributed by atoms with E-state index in [0.29, 0.717) is 17.3 Å². The molecule has 3 aromatic heterocycles. The number of aryl methyl sites for hydroxylation is 1. The molecule has 3 heterocycles. The molecule has 3 aromatic rings. The highest BCUT2D eigenvalue weighted by Gasteiger charge is 2.23. The monoisotopic (exact) mass is 358 g/mol. The summed E-state index contributed by atoms with van der Waals surface area (Å²) in [6, 6.07) is 4.08. The van der Waals surface area contributed by atoms with Crippen molar-refractivity contribution in [3.63, 3.8) is 0 Å². The van der Waals surface area contributed by atoms with Crippen molar-refractivity contribution in [2.45, 2.75) is 52.1 Å². The summed E-state index contributed by atoms with van der Waals surface area (Å²) < 4.78 is 3.16. The van der Waals surface area contributed by atoms with Crippen LogP contribution in [0.4, 0.5) is 0 Å². The molecule has 0 aliphatic heterocycles. The molecule has 1 saturated carbocycles. The van der Waals surface area contributed by atoms with Gasteiger partial charge in [0.2, 0.25) is 5.91 Å². The molecule has 0 aromatic carbocycles. The van der Waals surface area contributed by atoms with Gasteiger partial charge in [-0.25, -0.2) is 4.68 Å². The van der Waals surface area contributed by atoms with Gasteiger partial charge in [0.15, 0.2) is 0 Å². The molecule has 2 atom stereocenters. The molecule has 0 spiro atoms. The molecule has 132 valence electrons. The Bertz CT molecular complexity index is 1000. The predicted octanol–water partition coefficient (Wildman–Crippen LogP) is 2.71. The van der Waals surface area contributed by atoms with Gasteiger partial charge in [0.05, 0.1) is 0 Å². The number of rotatable bonds is 3. The first-order valence-electron chi connectivity index (χ1n) is 8.80. The summed E-state index contributed by atoms with van der Waals surface area (Å²) in [5.74, 6) is 1.07. The Labute approximate surface area is 149 Å². The fourth-order valence-corrected chi connectivity index (χ4v) is 4.77. The summed E-state index contributed by atoms with van der Waals surface area (Å²) in [6.45, 7) is 4.01. The van der Waals surface area contributed by atoms with Crippen LogP contribution in [0.1, 0.15) is 38.4 Å². The highest BCUT2D eigenvalue weighted by Crippen LogP contribution is 2.25. The molecule has 1 fully saturated rings. The Kier molecular flexibility index (Phi) is 4.11. The maximum absolute atomic E-state index is 12.7. The predicted molar refractivity (Wildman–Crippen MR) is 99.1 cm³/mol. The summed E-state index contributed by atoms with van der Waals surface area (Å²) in [7, 11) is 0. The molecule has 1 aliphatic carbocycles. The van der Waals surface area contributed by atoms with Crippen LogP contribution in [0, 0.1) is 12.8 Å². The number of carbonyl (C=O) groups excluding carboxylic acids is 1. The van der Waals surface area contributed by atoms with Crippen LogP contribution in [-0.2, 0) is 11.3 Å². The maximum atomic E-state index is 12.7. The first-order chi connectivity index (χ1) is 12.0. The second kappa shape index (κ2) is 6.29. The number of fused-ring (bicyclic) bond motifs is 3. The van der Waals surface area contributed by atoms with Gasteiger partial charge >= 0.3 is 0 Å². The molecule has 0 radical (unpaired) electrons. The third-order valence-electron chi connectivity index (χ3n) is 5.20. The quantitative estimate of drug-likeness (QED) is 0.783. The van der Waals surface area contributed by atoms with Crippen LogP contribution in [0.2, 0.25) is 0 Å². The Balaban J connectivity index is 1.62. The molecular weight excluding hydrogens is 336 g/mol. The normalized spacial score (nSPS) is 21.0. The molecule has 6 nitrogen and oxygen atoms in total. The van der Waals surface area contributed by atoms with Crippen LogP contribution in [0.5, 0.6) is 0 Å². The van der Waals surface area contributed by atoms with E-state index in [1.54, 1.807) is 11.3 Å². The van der Waals surface area contributed by atoms with E-state index in [4.69, 9.17) is 0 Å². The first-order valence-corrected chi connectivity index (χ1v) is 9.68. The zero-order chi connectivity index (χ0) is 17.6. The molecule has 2 unspecified atom stereocenters. The van der Waals surface area contributed by atoms with Gasteiger partial charge in [0, 0.05) is 11.4 Å². The van der Waals surface area contributed by atoms with Crippen molar-refractivity contribution in [3.8, 4) is 0 Å². The minimum atomic E-state index is -0.221. The van der Waals surface area contributed by atoms with Crippen molar-refractivity contribution in [2.24, 2.45) is 5.92 Å². The number of carbonyl (C=O) groups is 1. The van der Waals surface area contributed by atoms with Crippen molar-refractivity contribution < 1.29 is 4.79 Å². The second-order valence-corrected chi connectivity index (χ2v) is 7.89. The zero-order valence-corrected chi connectivity index (χ0v) is 15.3. The van der Waals surface area contributed by atoms with E-state index in [2.05, 4.69) is 17.3 Å². The molecule has 1 N–H and O–H groups in total. The number of nitrogens with zero attached hydrogens (tertiary/aromatic N) is 3. The van der Waals surface area contributed by atoms with Crippen LogP contribution in [0.15, 0.2) is 22.3 Å². The van der Waals surface area contributed by atoms with E-state index < -0.39 is 0 Å². The number of aromatic nitrogens is 3. The van der Waals surface area contributed by atoms with Crippen LogP contribution in [0.25, 0.3) is 15.7 Å². The molecule has 7 heteroatoms. The third-order valence-corrected chi connectivity index (χ3v) is 6.12. The number of nitrogens with one attached hydrogen (secondary N) is 1. The van der Waals surface area contributed by atoms with Gasteiger partial charge in [0.25, 0.3) is 5.56 Å². The number of hydrogen-bond donors (Lipinski definition) is 1. The average molecular weight is 358 g/mol. The largest absolute Gasteiger partial charge is 0.351 e. The van der Waals surface area contributed by atoms with Crippen molar-refractivity contribution >= 4 is 33.0 Å². The van der Waals surface area contributed by atoms with Crippen LogP contribution < -0.4 is 10.9 Å². The van der Waals surface area contributed by atoms with Gasteiger partial charge in [-0.1, -0.05) is 19.8 Å². The lowest BCUT2D eigenvalue weighted by molar-refractivity contribution is -0.123. The number of thiophene rings is 1. The van der Waals surface area contributed by atoms with Crippen LogP contribution in [0.3, 0.4) is 0 Å². The van der Waals surface area contributed by atoms with E-state index in [1.807, 2.05) is 28.8 Å². The van der Waals surface area contributed by atoms with Crippen LogP contribution in [-0.4, -0.2) is 26.1 Å². The highest BCUT2D eigenvalue weighted by atomic mass is 32.1. The summed E-state index contributed by atoms with van der Waals surface area (Å²) in [5.41, 5.74) is 0.356. The number of hydrogen-bond acceptors (Lipinski definition) is 4. The first kappa shape index (κ1) is 16.3. The van der Waals surface area contributed by atoms with Gasteiger partial charge in [-0.2, -0.15) is 5.10 Å². The molecule has 25 heavy (non-hydrogen) atoms. The van der Waals surface area contributed by atoms with Gasteiger partial charge < -0.3 is 5.32 Å². The van der Waals surface area contributed by atoms with Crippen molar-refractivity contribution in [3.05, 3.63) is 33.7 Å². The lowest BCUT2D eigenvalue weighted by Crippen LogP contribution is -2.44. The Morgan fingerprint density at radius 2 is 2.20 bits per heavy atom. The zero-order valence-electron chi connectivity index (χ0n) is 14.5. The van der Waals surface area contributed by atoms with Gasteiger partial charge in [-0.3, -0.25) is 14.0 Å². The van der Waals surface area contributed by atoms with Crippen molar-refractivity contribution in [1.29, 1.82) is 0 Å². The van der Waals surface area contributed by atoms with E-state index in [0.717, 1.165) is 29.5 Å². The summed E-state index contributed by atoms with van der Waals surface area (Å²) in [4.78, 5) is 26.2. The minimum absolute atomic E-state index is 0.0295. The van der Waals surface area contributed by atoms with Gasteiger partial charge in [-0.15, -0.1) is 11.3 Å². The lowest BCUT2D eigenvalue weighted by Gasteiger charge is -2.29. The fourth-order valence-electron chi connectivity index (χ4n) is 3.83. The van der Waals surface area contributed by atoms with Crippen molar-refractivity contribution in [2.75, 3.05) is 0 Å². The van der Waals surface area contributed by atoms with E-state index in [-0.39, 0.29) is 24.1 Å². The fraction of sp³-hybridized carbons (Fsp3) is 0.500. The molecule has 4 rings (SSSR count). The van der Waals surface area contributed by atoms with E-state index in [1.165, 1.54) is 11.1 Å². The lowest BCUT2D eigenvalue weighted by atomic mass is 9.86. The Hall–Kier alpha value is -2.15. The van der Waals surface area contributed by atoms with E-state index in [9.17, 15) is 9.59 Å². The maximum Gasteiger partial charge on any atom is 0.291 e. The SMILES string of the molecule is Cc1nn(CC(=O)NC2CCCCC2C)c(=O)c2cc3ccsc3n12. The number of amides is 1. The van der Waals surface area contributed by atoms with E-state index >= 15 is 0 Å². The third kappa shape index (κ3) is 2.86. The topological polar surface area (TPSA) is 68.4 Å². The molecule has 0 bridgehead atoms. The molecule has 0 saturated heterocycles. The van der Waals surface area contributed by atoms with Crippen molar-refractivity contribution in [1.82, 2.24) is 19.5 Å². The Morgan fingerprint density at radius 3 is 3.00 bits per heavy atom.